The topological polar surface area (TPSA) is 61.8 Å². The second-order valence-electron chi connectivity index (χ2n) is 5.48. The summed E-state index contributed by atoms with van der Waals surface area (Å²) in [7, 11) is 3.09. The van der Waals surface area contributed by atoms with Gasteiger partial charge >= 0.3 is 5.69 Å². The summed E-state index contributed by atoms with van der Waals surface area (Å²) in [5.74, 6) is 0.626. The van der Waals surface area contributed by atoms with E-state index in [1.165, 1.54) is 11.6 Å². The van der Waals surface area contributed by atoms with E-state index in [0.717, 1.165) is 10.1 Å². The molecule has 2 heterocycles. The van der Waals surface area contributed by atoms with Crippen molar-refractivity contribution in [3.63, 3.8) is 0 Å². The first-order valence-corrected chi connectivity index (χ1v) is 7.91. The molecule has 0 spiro atoms. The van der Waals surface area contributed by atoms with Crippen LogP contribution in [0.4, 0.5) is 0 Å². The predicted octanol–water partition coefficient (Wildman–Crippen LogP) is 2.28. The Morgan fingerprint density at radius 1 is 1.08 bits per heavy atom. The van der Waals surface area contributed by atoms with E-state index in [2.05, 4.69) is 4.98 Å². The van der Waals surface area contributed by atoms with Crippen molar-refractivity contribution in [1.29, 1.82) is 0 Å². The van der Waals surface area contributed by atoms with E-state index in [1.807, 2.05) is 47.9 Å². The van der Waals surface area contributed by atoms with E-state index in [4.69, 9.17) is 11.6 Å². The van der Waals surface area contributed by atoms with Crippen molar-refractivity contribution in [1.82, 2.24) is 18.7 Å². The van der Waals surface area contributed by atoms with Gasteiger partial charge in [-0.3, -0.25) is 13.9 Å². The Morgan fingerprint density at radius 2 is 1.75 bits per heavy atom. The van der Waals surface area contributed by atoms with Gasteiger partial charge in [0.15, 0.2) is 11.2 Å². The molecule has 0 aliphatic carbocycles. The van der Waals surface area contributed by atoms with Crippen LogP contribution in [0.3, 0.4) is 0 Å². The van der Waals surface area contributed by atoms with Crippen LogP contribution in [0.5, 0.6) is 0 Å². The highest BCUT2D eigenvalue weighted by Crippen LogP contribution is 2.15. The fourth-order valence-electron chi connectivity index (χ4n) is 2.66. The number of hydrogen-bond acceptors (Lipinski definition) is 3. The van der Waals surface area contributed by atoms with Gasteiger partial charge in [0.05, 0.1) is 0 Å². The van der Waals surface area contributed by atoms with Gasteiger partial charge in [0.25, 0.3) is 5.56 Å². The minimum absolute atomic E-state index is 0.339. The first-order chi connectivity index (χ1) is 11.4. The molecule has 0 N–H and O–H groups in total. The summed E-state index contributed by atoms with van der Waals surface area (Å²) in [6.45, 7) is 2.51. The maximum Gasteiger partial charge on any atom is 0.332 e. The highest BCUT2D eigenvalue weighted by atomic mass is 35.5. The van der Waals surface area contributed by atoms with Crippen LogP contribution in [0.1, 0.15) is 18.3 Å². The van der Waals surface area contributed by atoms with Crippen LogP contribution in [-0.4, -0.2) is 18.7 Å². The highest BCUT2D eigenvalue weighted by molar-refractivity contribution is 6.30. The van der Waals surface area contributed by atoms with E-state index in [0.29, 0.717) is 28.6 Å². The quantitative estimate of drug-likeness (QED) is 0.732. The van der Waals surface area contributed by atoms with Crippen molar-refractivity contribution in [2.45, 2.75) is 13.5 Å². The Hall–Kier alpha value is -2.60. The fourth-order valence-corrected chi connectivity index (χ4v) is 2.78. The minimum Gasteiger partial charge on any atom is -0.319 e. The molecule has 0 aliphatic rings. The lowest BCUT2D eigenvalue weighted by atomic mass is 10.2. The van der Waals surface area contributed by atoms with Crippen molar-refractivity contribution in [2.24, 2.45) is 14.1 Å². The predicted molar refractivity (Wildman–Crippen MR) is 96.3 cm³/mol. The number of imidazole rings is 1. The lowest BCUT2D eigenvalue weighted by Gasteiger charge is -2.05. The summed E-state index contributed by atoms with van der Waals surface area (Å²) in [5, 5.41) is 0.673. The lowest BCUT2D eigenvalue weighted by Crippen LogP contribution is -2.37. The molecule has 0 unspecified atom stereocenters. The average molecular weight is 345 g/mol. The summed E-state index contributed by atoms with van der Waals surface area (Å²) in [6.07, 6.45) is 3.73. The van der Waals surface area contributed by atoms with Crippen molar-refractivity contribution >= 4 is 34.9 Å². The third-order valence-corrected chi connectivity index (χ3v) is 4.24. The molecule has 3 rings (SSSR count). The van der Waals surface area contributed by atoms with Crippen LogP contribution < -0.4 is 11.2 Å². The molecule has 0 amide bonds. The van der Waals surface area contributed by atoms with Gasteiger partial charge in [-0.2, -0.15) is 0 Å². The van der Waals surface area contributed by atoms with Gasteiger partial charge < -0.3 is 4.57 Å². The summed E-state index contributed by atoms with van der Waals surface area (Å²) >= 11 is 5.88. The maximum absolute atomic E-state index is 12.5. The largest absolute Gasteiger partial charge is 0.332 e. The van der Waals surface area contributed by atoms with Gasteiger partial charge in [0, 0.05) is 25.7 Å². The second kappa shape index (κ2) is 6.13. The smallest absolute Gasteiger partial charge is 0.319 e. The number of benzene rings is 1. The zero-order valence-corrected chi connectivity index (χ0v) is 14.4. The summed E-state index contributed by atoms with van der Waals surface area (Å²) < 4.78 is 4.30. The molecule has 0 bridgehead atoms. The number of halogens is 1. The maximum atomic E-state index is 12.5. The Bertz CT molecular complexity index is 1060. The summed E-state index contributed by atoms with van der Waals surface area (Å²) in [6, 6.07) is 7.41. The molecule has 124 valence electrons. The molecule has 0 radical (unpaired) electrons. The molecular weight excluding hydrogens is 328 g/mol. The molecule has 24 heavy (non-hydrogen) atoms. The number of aromatic nitrogens is 4. The van der Waals surface area contributed by atoms with Gasteiger partial charge in [-0.15, -0.1) is 0 Å². The molecule has 3 aromatic rings. The number of rotatable bonds is 3. The van der Waals surface area contributed by atoms with Gasteiger partial charge in [-0.1, -0.05) is 29.8 Å². The van der Waals surface area contributed by atoms with Gasteiger partial charge in [-0.25, -0.2) is 9.78 Å². The first-order valence-electron chi connectivity index (χ1n) is 7.54. The highest BCUT2D eigenvalue weighted by Gasteiger charge is 2.16. The average Bonchev–Trinajstić information content (AvgIpc) is 2.96. The standard InChI is InChI=1S/C17H17ClN4O2/c1-4-22-13(10-7-11-5-8-12(18)9-6-11)19-15-14(22)16(23)21(3)17(24)20(15)2/h5-10H,4H2,1-3H3/b10-7+. The Morgan fingerprint density at radius 3 is 2.38 bits per heavy atom. The van der Waals surface area contributed by atoms with Crippen LogP contribution >= 0.6 is 11.6 Å². The summed E-state index contributed by atoms with van der Waals surface area (Å²) in [5.41, 5.74) is 1.06. The molecule has 0 saturated carbocycles. The van der Waals surface area contributed by atoms with Crippen molar-refractivity contribution in [2.75, 3.05) is 0 Å². The zero-order chi connectivity index (χ0) is 17.4. The van der Waals surface area contributed by atoms with Gasteiger partial charge in [0.2, 0.25) is 0 Å². The molecular formula is C17H17ClN4O2. The Labute approximate surface area is 143 Å². The van der Waals surface area contributed by atoms with Gasteiger partial charge in [0.1, 0.15) is 5.82 Å². The minimum atomic E-state index is -0.388. The first kappa shape index (κ1) is 16.3. The van der Waals surface area contributed by atoms with Crippen LogP contribution in [0.25, 0.3) is 23.3 Å². The third-order valence-electron chi connectivity index (χ3n) is 3.99. The van der Waals surface area contributed by atoms with Crippen LogP contribution in [-0.2, 0) is 20.6 Å². The van der Waals surface area contributed by atoms with Crippen LogP contribution in [0.2, 0.25) is 5.02 Å². The molecule has 2 aromatic heterocycles. The van der Waals surface area contributed by atoms with Crippen molar-refractivity contribution < 1.29 is 0 Å². The monoisotopic (exact) mass is 344 g/mol. The molecule has 0 fully saturated rings. The number of hydrogen-bond donors (Lipinski definition) is 0. The molecule has 1 aromatic carbocycles. The molecule has 0 atom stereocenters. The Balaban J connectivity index is 2.20. The molecule has 7 heteroatoms. The van der Waals surface area contributed by atoms with Crippen LogP contribution in [0, 0.1) is 0 Å². The van der Waals surface area contributed by atoms with E-state index < -0.39 is 0 Å². The van der Waals surface area contributed by atoms with E-state index in [9.17, 15) is 9.59 Å². The zero-order valence-electron chi connectivity index (χ0n) is 13.7. The van der Waals surface area contributed by atoms with Crippen molar-refractivity contribution in [3.8, 4) is 0 Å². The van der Waals surface area contributed by atoms with Crippen LogP contribution in [0.15, 0.2) is 33.9 Å². The van der Waals surface area contributed by atoms with Gasteiger partial charge in [-0.05, 0) is 30.7 Å². The molecule has 0 aliphatic heterocycles. The lowest BCUT2D eigenvalue weighted by molar-refractivity contribution is 0.699. The van der Waals surface area contributed by atoms with E-state index >= 15 is 0 Å². The number of nitrogens with zero attached hydrogens (tertiary/aromatic N) is 4. The SMILES string of the molecule is CCn1c(/C=C/c2ccc(Cl)cc2)nc2c1c(=O)n(C)c(=O)n2C. The fraction of sp³-hybridized carbons (Fsp3) is 0.235. The van der Waals surface area contributed by atoms with Crippen molar-refractivity contribution in [3.05, 3.63) is 61.5 Å². The van der Waals surface area contributed by atoms with E-state index in [1.54, 1.807) is 7.05 Å². The normalized spacial score (nSPS) is 11.7. The molecule has 6 nitrogen and oxygen atoms in total. The van der Waals surface area contributed by atoms with E-state index in [-0.39, 0.29) is 11.2 Å². The number of fused-ring (bicyclic) bond motifs is 1. The second-order valence-corrected chi connectivity index (χ2v) is 5.91. The third kappa shape index (κ3) is 2.59. The molecule has 0 saturated heterocycles. The Kier molecular flexibility index (Phi) is 4.15. The number of aryl methyl sites for hydroxylation is 2. The summed E-state index contributed by atoms with van der Waals surface area (Å²) in [4.78, 5) is 29.0.